The Hall–Kier alpha value is -1.99. The van der Waals surface area contributed by atoms with Crippen LogP contribution < -0.4 is 14.8 Å². The van der Waals surface area contributed by atoms with E-state index in [0.717, 1.165) is 62.2 Å². The minimum Gasteiger partial charge on any atom is -0.493 e. The molecule has 28 heavy (non-hydrogen) atoms. The topological polar surface area (TPSA) is 58.6 Å². The van der Waals surface area contributed by atoms with E-state index >= 15 is 0 Å². The molecule has 1 heterocycles. The van der Waals surface area contributed by atoms with Crippen molar-refractivity contribution in [1.82, 2.24) is 15.1 Å². The van der Waals surface area contributed by atoms with Gasteiger partial charge >= 0.3 is 0 Å². The minimum absolute atomic E-state index is 0.0915. The number of rotatable bonds is 7. The number of hydrogen-bond donors (Lipinski definition) is 1. The van der Waals surface area contributed by atoms with E-state index in [9.17, 15) is 0 Å². The summed E-state index contributed by atoms with van der Waals surface area (Å²) in [4.78, 5) is 8.94. The van der Waals surface area contributed by atoms with E-state index in [1.54, 1.807) is 14.2 Å². The molecule has 1 N–H and O–H groups in total. The molecule has 0 bridgehead atoms. The summed E-state index contributed by atoms with van der Waals surface area (Å²) >= 11 is 0. The Kier molecular flexibility index (Phi) is 7.95. The Bertz CT molecular complexity index is 670. The zero-order chi connectivity index (χ0) is 20.7. The molecule has 0 aliphatic carbocycles. The van der Waals surface area contributed by atoms with Crippen LogP contribution in [-0.2, 0) is 11.3 Å². The van der Waals surface area contributed by atoms with Gasteiger partial charge in [0.05, 0.1) is 14.2 Å². The van der Waals surface area contributed by atoms with Crippen molar-refractivity contribution in [3.63, 3.8) is 0 Å². The van der Waals surface area contributed by atoms with E-state index in [0.29, 0.717) is 0 Å². The Morgan fingerprint density at radius 1 is 1.14 bits per heavy atom. The van der Waals surface area contributed by atoms with Crippen LogP contribution in [0.25, 0.3) is 0 Å². The molecule has 0 atom stereocenters. The molecule has 0 aromatic heterocycles. The highest BCUT2D eigenvalue weighted by Gasteiger charge is 2.35. The summed E-state index contributed by atoms with van der Waals surface area (Å²) in [6, 6.07) is 4.05. The molecule has 1 aliphatic rings. The highest BCUT2D eigenvalue weighted by atomic mass is 16.5. The predicted molar refractivity (Wildman–Crippen MR) is 114 cm³/mol. The first-order valence-corrected chi connectivity index (χ1v) is 9.75. The summed E-state index contributed by atoms with van der Waals surface area (Å²) in [6.45, 7) is 5.26. The number of likely N-dealkylation sites (N-methyl/N-ethyl adjacent to an activating group) is 1. The third-order valence-corrected chi connectivity index (χ3v) is 5.77. The van der Waals surface area contributed by atoms with Crippen LogP contribution in [0.5, 0.6) is 11.5 Å². The van der Waals surface area contributed by atoms with Gasteiger partial charge in [0.15, 0.2) is 17.5 Å². The van der Waals surface area contributed by atoms with Gasteiger partial charge in [-0.2, -0.15) is 0 Å². The number of benzene rings is 1. The summed E-state index contributed by atoms with van der Waals surface area (Å²) in [5.74, 6) is 2.37. The smallest absolute Gasteiger partial charge is 0.193 e. The number of methoxy groups -OCH3 is 2. The fraction of sp³-hybridized carbons (Fsp3) is 0.667. The first kappa shape index (κ1) is 22.3. The fourth-order valence-electron chi connectivity index (χ4n) is 3.69. The van der Waals surface area contributed by atoms with Crippen LogP contribution in [0.3, 0.4) is 0 Å². The average Bonchev–Trinajstić information content (AvgIpc) is 2.70. The van der Waals surface area contributed by atoms with Crippen LogP contribution >= 0.6 is 0 Å². The quantitative estimate of drug-likeness (QED) is 0.567. The van der Waals surface area contributed by atoms with Crippen molar-refractivity contribution in [1.29, 1.82) is 0 Å². The van der Waals surface area contributed by atoms with Gasteiger partial charge in [-0.1, -0.05) is 0 Å². The normalized spacial score (nSPS) is 16.8. The van der Waals surface area contributed by atoms with E-state index < -0.39 is 0 Å². The molecule has 1 aromatic rings. The lowest BCUT2D eigenvalue weighted by Crippen LogP contribution is -2.57. The lowest BCUT2D eigenvalue weighted by molar-refractivity contribution is -0.00522. The molecule has 0 radical (unpaired) electrons. The largest absolute Gasteiger partial charge is 0.493 e. The third kappa shape index (κ3) is 5.08. The van der Waals surface area contributed by atoms with Crippen LogP contribution in [0, 0.1) is 6.92 Å². The van der Waals surface area contributed by atoms with Gasteiger partial charge in [-0.15, -0.1) is 0 Å². The first-order chi connectivity index (χ1) is 13.4. The summed E-state index contributed by atoms with van der Waals surface area (Å²) in [5.41, 5.74) is 2.43. The van der Waals surface area contributed by atoms with E-state index in [1.165, 1.54) is 5.56 Å². The van der Waals surface area contributed by atoms with Crippen molar-refractivity contribution in [3.8, 4) is 11.5 Å². The maximum Gasteiger partial charge on any atom is 0.193 e. The molecule has 7 heteroatoms. The average molecular weight is 393 g/mol. The Balaban J connectivity index is 2.08. The maximum absolute atomic E-state index is 5.57. The van der Waals surface area contributed by atoms with Crippen LogP contribution in [-0.4, -0.2) is 83.5 Å². The second kappa shape index (κ2) is 9.98. The first-order valence-electron chi connectivity index (χ1n) is 9.75. The molecule has 0 saturated carbocycles. The SMILES string of the molecule is CN=C(NCC1(N(C)C)CCOCC1)N(C)Cc1cc(OC)c(OC)cc1C. The molecule has 0 spiro atoms. The second-order valence-electron chi connectivity index (χ2n) is 7.62. The summed E-state index contributed by atoms with van der Waals surface area (Å²) < 4.78 is 16.4. The van der Waals surface area contributed by atoms with E-state index in [-0.39, 0.29) is 5.54 Å². The van der Waals surface area contributed by atoms with Crippen LogP contribution in [0.1, 0.15) is 24.0 Å². The molecule has 1 aliphatic heterocycles. The number of nitrogens with zero attached hydrogens (tertiary/aromatic N) is 3. The van der Waals surface area contributed by atoms with E-state index in [2.05, 4.69) is 48.2 Å². The lowest BCUT2D eigenvalue weighted by Gasteiger charge is -2.43. The van der Waals surface area contributed by atoms with Crippen molar-refractivity contribution >= 4 is 5.96 Å². The Morgan fingerprint density at radius 3 is 2.29 bits per heavy atom. The number of hydrogen-bond acceptors (Lipinski definition) is 5. The number of ether oxygens (including phenoxy) is 3. The number of nitrogens with one attached hydrogen (secondary N) is 1. The van der Waals surface area contributed by atoms with Gasteiger partial charge in [0.25, 0.3) is 0 Å². The molecule has 7 nitrogen and oxygen atoms in total. The molecule has 1 fully saturated rings. The lowest BCUT2D eigenvalue weighted by atomic mass is 9.88. The van der Waals surface area contributed by atoms with Crippen LogP contribution in [0.4, 0.5) is 0 Å². The molecule has 0 amide bonds. The monoisotopic (exact) mass is 392 g/mol. The molecular formula is C21H36N4O3. The summed E-state index contributed by atoms with van der Waals surface area (Å²) in [6.07, 6.45) is 2.03. The zero-order valence-corrected chi connectivity index (χ0v) is 18.5. The number of aryl methyl sites for hydroxylation is 1. The number of guanidine groups is 1. The van der Waals surface area contributed by atoms with E-state index in [1.807, 2.05) is 19.2 Å². The van der Waals surface area contributed by atoms with Gasteiger partial charge in [0.1, 0.15) is 0 Å². The van der Waals surface area contributed by atoms with Crippen LogP contribution in [0.15, 0.2) is 17.1 Å². The maximum atomic E-state index is 5.57. The summed E-state index contributed by atoms with van der Waals surface area (Å²) in [5, 5.41) is 3.57. The highest BCUT2D eigenvalue weighted by molar-refractivity contribution is 5.79. The van der Waals surface area contributed by atoms with Crippen molar-refractivity contribution in [2.75, 3.05) is 62.2 Å². The predicted octanol–water partition coefficient (Wildman–Crippen LogP) is 2.13. The molecule has 0 unspecified atom stereocenters. The highest BCUT2D eigenvalue weighted by Crippen LogP contribution is 2.31. The van der Waals surface area contributed by atoms with Gasteiger partial charge in [-0.05, 0) is 57.1 Å². The van der Waals surface area contributed by atoms with Gasteiger partial charge in [0.2, 0.25) is 0 Å². The second-order valence-corrected chi connectivity index (χ2v) is 7.62. The molecular weight excluding hydrogens is 356 g/mol. The van der Waals surface area contributed by atoms with Crippen molar-refractivity contribution in [2.24, 2.45) is 4.99 Å². The molecule has 1 saturated heterocycles. The molecule has 1 aromatic carbocycles. The third-order valence-electron chi connectivity index (χ3n) is 5.77. The van der Waals surface area contributed by atoms with Gasteiger partial charge in [0, 0.05) is 45.9 Å². The fourth-order valence-corrected chi connectivity index (χ4v) is 3.69. The Morgan fingerprint density at radius 2 is 1.75 bits per heavy atom. The van der Waals surface area contributed by atoms with Crippen molar-refractivity contribution in [3.05, 3.63) is 23.3 Å². The molecule has 158 valence electrons. The van der Waals surface area contributed by atoms with Crippen molar-refractivity contribution in [2.45, 2.75) is 31.8 Å². The van der Waals surface area contributed by atoms with Gasteiger partial charge < -0.3 is 29.3 Å². The Labute approximate surface area is 169 Å². The van der Waals surface area contributed by atoms with Gasteiger partial charge in [-0.3, -0.25) is 4.99 Å². The zero-order valence-electron chi connectivity index (χ0n) is 18.5. The number of aliphatic imine (C=N–C) groups is 1. The molecule has 2 rings (SSSR count). The van der Waals surface area contributed by atoms with E-state index in [4.69, 9.17) is 14.2 Å². The van der Waals surface area contributed by atoms with Gasteiger partial charge in [-0.25, -0.2) is 0 Å². The van der Waals surface area contributed by atoms with Crippen molar-refractivity contribution < 1.29 is 14.2 Å². The van der Waals surface area contributed by atoms with Crippen LogP contribution in [0.2, 0.25) is 0 Å². The summed E-state index contributed by atoms with van der Waals surface area (Å²) in [7, 11) is 11.5. The standard InChI is InChI=1S/C21H36N4O3/c1-16-12-18(26-6)19(27-7)13-17(16)14-25(5)20(22-2)23-15-21(24(3)4)8-10-28-11-9-21/h12-13H,8-11,14-15H2,1-7H3,(H,22,23). The minimum atomic E-state index is 0.0915.